The number of carbonyl (C=O) groups excluding carboxylic acids is 1. The molecule has 5 aliphatic rings. The van der Waals surface area contributed by atoms with E-state index in [4.69, 9.17) is 0 Å². The number of Topliss-reactive ketones (excluding diaryl/α,β-unsaturated/α-hetero) is 1. The van der Waals surface area contributed by atoms with Gasteiger partial charge in [-0.1, -0.05) is 20.8 Å². The molecule has 5 fully saturated rings. The Morgan fingerprint density at radius 2 is 1.74 bits per heavy atom. The molecule has 3 N–H and O–H groups in total. The normalized spacial score (nSPS) is 61.4. The van der Waals surface area contributed by atoms with Crippen LogP contribution in [0.15, 0.2) is 0 Å². The van der Waals surface area contributed by atoms with Gasteiger partial charge in [0.2, 0.25) is 0 Å². The quantitative estimate of drug-likeness (QED) is 0.654. The van der Waals surface area contributed by atoms with E-state index in [9.17, 15) is 24.9 Å². The fourth-order valence-corrected chi connectivity index (χ4v) is 8.80. The first kappa shape index (κ1) is 18.1. The highest BCUT2D eigenvalue weighted by molar-refractivity contribution is 5.81. The molecule has 0 amide bonds. The summed E-state index contributed by atoms with van der Waals surface area (Å²) >= 11 is 0. The van der Waals surface area contributed by atoms with Gasteiger partial charge in [-0.25, -0.2) is 4.79 Å². The van der Waals surface area contributed by atoms with Crippen molar-refractivity contribution in [1.29, 1.82) is 0 Å². The van der Waals surface area contributed by atoms with Crippen LogP contribution in [-0.2, 0) is 9.59 Å². The Labute approximate surface area is 160 Å². The molecule has 27 heavy (non-hydrogen) atoms. The lowest BCUT2D eigenvalue weighted by Crippen LogP contribution is -2.65. The lowest BCUT2D eigenvalue weighted by Gasteiger charge is -2.63. The lowest BCUT2D eigenvalue weighted by molar-refractivity contribution is -0.221. The first-order chi connectivity index (χ1) is 12.5. The number of hydrogen-bond donors (Lipinski definition) is 3. The van der Waals surface area contributed by atoms with E-state index < -0.39 is 22.6 Å². The number of ketones is 1. The van der Waals surface area contributed by atoms with Gasteiger partial charge in [-0.15, -0.1) is 0 Å². The van der Waals surface area contributed by atoms with E-state index in [1.807, 2.05) is 13.8 Å². The molecule has 150 valence electrons. The summed E-state index contributed by atoms with van der Waals surface area (Å²) in [6.07, 6.45) is 4.82. The summed E-state index contributed by atoms with van der Waals surface area (Å²) in [4.78, 5) is 24.3. The maximum atomic E-state index is 12.2. The number of aliphatic carboxylic acids is 1. The number of carboxylic acid groups (broad SMARTS) is 1. The molecule has 0 aliphatic heterocycles. The van der Waals surface area contributed by atoms with Crippen LogP contribution in [0.1, 0.15) is 65.7 Å². The highest BCUT2D eigenvalue weighted by Gasteiger charge is 2.77. The van der Waals surface area contributed by atoms with Gasteiger partial charge in [0.1, 0.15) is 5.78 Å². The van der Waals surface area contributed by atoms with Crippen LogP contribution in [0.25, 0.3) is 0 Å². The standard InChI is InChI=1S/C22H32O5/c1-11-8-16-17-13-9-15(13)21(26)10-12(23)4-6-19(21,2)14(17)5-7-20(16,3)22(11,27)18(24)25/h11,13-17,26-27H,4-10H2,1-3H3,(H,24,25)/t11?,13?,14?,15?,16?,17?,19-,20+,21-,22-/m1/s1. The third-order valence-corrected chi connectivity index (χ3v) is 10.4. The van der Waals surface area contributed by atoms with E-state index in [0.29, 0.717) is 37.0 Å². The Balaban J connectivity index is 1.58. The fourth-order valence-electron chi connectivity index (χ4n) is 8.80. The second-order valence-electron chi connectivity index (χ2n) is 11.0. The van der Waals surface area contributed by atoms with Crippen molar-refractivity contribution in [2.75, 3.05) is 0 Å². The number of fused-ring (bicyclic) bond motifs is 8. The highest BCUT2D eigenvalue weighted by Crippen LogP contribution is 2.77. The summed E-state index contributed by atoms with van der Waals surface area (Å²) < 4.78 is 0. The van der Waals surface area contributed by atoms with Gasteiger partial charge in [0.25, 0.3) is 0 Å². The molecule has 5 nitrogen and oxygen atoms in total. The molecule has 0 aromatic carbocycles. The van der Waals surface area contributed by atoms with Gasteiger partial charge in [-0.3, -0.25) is 4.79 Å². The van der Waals surface area contributed by atoms with Crippen molar-refractivity contribution in [2.24, 2.45) is 46.3 Å². The van der Waals surface area contributed by atoms with E-state index in [2.05, 4.69) is 6.92 Å². The molecule has 0 saturated heterocycles. The molecule has 0 spiro atoms. The van der Waals surface area contributed by atoms with Crippen LogP contribution in [0.5, 0.6) is 0 Å². The third-order valence-electron chi connectivity index (χ3n) is 10.4. The predicted octanol–water partition coefficient (Wildman–Crippen LogP) is 2.63. The van der Waals surface area contributed by atoms with Crippen molar-refractivity contribution in [2.45, 2.75) is 76.9 Å². The summed E-state index contributed by atoms with van der Waals surface area (Å²) in [5, 5.41) is 32.8. The van der Waals surface area contributed by atoms with E-state index in [1.165, 1.54) is 0 Å². The van der Waals surface area contributed by atoms with Crippen molar-refractivity contribution in [3.8, 4) is 0 Å². The van der Waals surface area contributed by atoms with E-state index in [0.717, 1.165) is 25.7 Å². The topological polar surface area (TPSA) is 94.8 Å². The Kier molecular flexibility index (Phi) is 3.33. The van der Waals surface area contributed by atoms with Crippen molar-refractivity contribution in [1.82, 2.24) is 0 Å². The Morgan fingerprint density at radius 3 is 2.41 bits per heavy atom. The lowest BCUT2D eigenvalue weighted by atomic mass is 9.43. The van der Waals surface area contributed by atoms with Crippen LogP contribution in [-0.4, -0.2) is 38.3 Å². The van der Waals surface area contributed by atoms with E-state index >= 15 is 0 Å². The average Bonchev–Trinajstić information content (AvgIpc) is 3.36. The molecule has 0 radical (unpaired) electrons. The zero-order valence-corrected chi connectivity index (χ0v) is 16.6. The largest absolute Gasteiger partial charge is 0.479 e. The second-order valence-corrected chi connectivity index (χ2v) is 11.0. The van der Waals surface area contributed by atoms with Crippen molar-refractivity contribution in [3.63, 3.8) is 0 Å². The minimum atomic E-state index is -1.66. The van der Waals surface area contributed by atoms with Crippen LogP contribution >= 0.6 is 0 Å². The summed E-state index contributed by atoms with van der Waals surface area (Å²) in [6.45, 7) is 6.07. The maximum Gasteiger partial charge on any atom is 0.336 e. The zero-order chi connectivity index (χ0) is 19.6. The third kappa shape index (κ3) is 1.80. The number of carboxylic acids is 1. The minimum absolute atomic E-state index is 0.171. The van der Waals surface area contributed by atoms with Crippen LogP contribution < -0.4 is 0 Å². The van der Waals surface area contributed by atoms with Crippen LogP contribution in [0.3, 0.4) is 0 Å². The smallest absolute Gasteiger partial charge is 0.336 e. The first-order valence-electron chi connectivity index (χ1n) is 10.7. The molecule has 0 bridgehead atoms. The molecular formula is C22H32O5. The molecule has 10 atom stereocenters. The van der Waals surface area contributed by atoms with Crippen molar-refractivity contribution in [3.05, 3.63) is 0 Å². The van der Waals surface area contributed by atoms with E-state index in [-0.39, 0.29) is 29.0 Å². The Morgan fingerprint density at radius 1 is 1.04 bits per heavy atom. The SMILES string of the molecule is CC1CC2C3C4CC4[C@]4(O)CC(=O)CC[C@]4(C)C3CC[C@]2(C)[C@]1(O)C(=O)O. The summed E-state index contributed by atoms with van der Waals surface area (Å²) in [5.74, 6) is 0.269. The summed E-state index contributed by atoms with van der Waals surface area (Å²) in [5.41, 5.74) is -3.42. The molecule has 5 aliphatic carbocycles. The highest BCUT2D eigenvalue weighted by atomic mass is 16.4. The van der Waals surface area contributed by atoms with Gasteiger partial charge in [-0.2, -0.15) is 0 Å². The summed E-state index contributed by atoms with van der Waals surface area (Å²) in [6, 6.07) is 0. The molecular weight excluding hydrogens is 344 g/mol. The minimum Gasteiger partial charge on any atom is -0.479 e. The van der Waals surface area contributed by atoms with Crippen molar-refractivity contribution >= 4 is 11.8 Å². The first-order valence-corrected chi connectivity index (χ1v) is 10.7. The van der Waals surface area contributed by atoms with Gasteiger partial charge in [0.15, 0.2) is 5.60 Å². The van der Waals surface area contributed by atoms with Gasteiger partial charge in [0, 0.05) is 23.7 Å². The Bertz CT molecular complexity index is 734. The van der Waals surface area contributed by atoms with Crippen molar-refractivity contribution < 1.29 is 24.9 Å². The number of rotatable bonds is 1. The van der Waals surface area contributed by atoms with Crippen LogP contribution in [0.4, 0.5) is 0 Å². The summed E-state index contributed by atoms with van der Waals surface area (Å²) in [7, 11) is 0. The number of hydrogen-bond acceptors (Lipinski definition) is 4. The molecule has 0 aromatic heterocycles. The van der Waals surface area contributed by atoms with E-state index in [1.54, 1.807) is 0 Å². The second kappa shape index (κ2) is 4.96. The van der Waals surface area contributed by atoms with Crippen LogP contribution in [0, 0.1) is 46.3 Å². The molecule has 0 heterocycles. The van der Waals surface area contributed by atoms with Gasteiger partial charge >= 0.3 is 5.97 Å². The van der Waals surface area contributed by atoms with Gasteiger partial charge in [-0.05, 0) is 67.6 Å². The number of aliphatic hydroxyl groups is 2. The predicted molar refractivity (Wildman–Crippen MR) is 97.7 cm³/mol. The molecule has 5 saturated carbocycles. The monoisotopic (exact) mass is 376 g/mol. The molecule has 6 unspecified atom stereocenters. The number of carbonyl (C=O) groups is 2. The molecule has 0 aromatic rings. The Hall–Kier alpha value is -0.940. The van der Waals surface area contributed by atoms with Crippen LogP contribution in [0.2, 0.25) is 0 Å². The van der Waals surface area contributed by atoms with Gasteiger partial charge in [0.05, 0.1) is 5.60 Å². The average molecular weight is 376 g/mol. The molecule has 5 heteroatoms. The fraction of sp³-hybridized carbons (Fsp3) is 0.909. The molecule has 5 rings (SSSR count). The maximum absolute atomic E-state index is 12.2. The van der Waals surface area contributed by atoms with Gasteiger partial charge < -0.3 is 15.3 Å². The zero-order valence-electron chi connectivity index (χ0n) is 16.6.